The fourth-order valence-electron chi connectivity index (χ4n) is 9.99. The summed E-state index contributed by atoms with van der Waals surface area (Å²) in [5.74, 6) is 0.946. The third kappa shape index (κ3) is 6.18. The van der Waals surface area contributed by atoms with Crippen LogP contribution in [0, 0.1) is 0 Å². The topological polar surface area (TPSA) is 24.3 Å². The van der Waals surface area contributed by atoms with Crippen LogP contribution in [0.2, 0.25) is 0 Å². The van der Waals surface area contributed by atoms with Crippen LogP contribution < -0.4 is 9.80 Å². The molecule has 0 saturated heterocycles. The maximum Gasteiger partial charge on any atom is 0.145 e. The van der Waals surface area contributed by atoms with Gasteiger partial charge in [0.05, 0.1) is 11.0 Å². The van der Waals surface area contributed by atoms with Gasteiger partial charge in [0.1, 0.15) is 5.82 Å². The number of rotatable bonds is 8. The van der Waals surface area contributed by atoms with Crippen molar-refractivity contribution in [1.29, 1.82) is 0 Å². The van der Waals surface area contributed by atoms with Gasteiger partial charge < -0.3 is 9.80 Å². The minimum Gasteiger partial charge on any atom is -0.310 e. The fraction of sp³-hybridized carbons (Fsp3) is 0.0500. The molecule has 4 nitrogen and oxygen atoms in total. The summed E-state index contributed by atoms with van der Waals surface area (Å²) in [5.41, 5.74) is 15.8. The molecule has 1 aliphatic carbocycles. The van der Waals surface area contributed by atoms with E-state index in [1.54, 1.807) is 0 Å². The van der Waals surface area contributed by atoms with Gasteiger partial charge in [0.2, 0.25) is 0 Å². The molecule has 0 unspecified atom stereocenters. The Morgan fingerprint density at radius 3 is 1.48 bits per heavy atom. The second kappa shape index (κ2) is 15.0. The van der Waals surface area contributed by atoms with Gasteiger partial charge in [0.15, 0.2) is 0 Å². The highest BCUT2D eigenvalue weighted by atomic mass is 15.2. The SMILES string of the molecule is CC1(C)c2cc3ccc4ccc(N(c5ccccc5)c5cccc(N(c6ccccc6)c6ccccc6)c5)cc4c3cc2-c2cc3c(cc21)nc(-c1ccccc1)n3-c1ccccc1. The lowest BCUT2D eigenvalue weighted by Crippen LogP contribution is -2.15. The Labute approximate surface area is 373 Å². The summed E-state index contributed by atoms with van der Waals surface area (Å²) in [7, 11) is 0. The molecule has 0 saturated carbocycles. The van der Waals surface area contributed by atoms with Crippen LogP contribution in [0.15, 0.2) is 231 Å². The summed E-state index contributed by atoms with van der Waals surface area (Å²) in [6, 6.07) is 83.1. The molecule has 1 aliphatic rings. The number of anilines is 6. The Hall–Kier alpha value is -8.21. The van der Waals surface area contributed by atoms with Crippen LogP contribution >= 0.6 is 0 Å². The second-order valence-corrected chi connectivity index (χ2v) is 17.3. The molecule has 0 fully saturated rings. The molecule has 64 heavy (non-hydrogen) atoms. The first-order valence-electron chi connectivity index (χ1n) is 22.0. The number of nitrogens with zero attached hydrogens (tertiary/aromatic N) is 4. The number of hydrogen-bond donors (Lipinski definition) is 0. The van der Waals surface area contributed by atoms with Crippen molar-refractivity contribution in [2.75, 3.05) is 9.80 Å². The summed E-state index contributed by atoms with van der Waals surface area (Å²) in [5, 5.41) is 4.91. The van der Waals surface area contributed by atoms with Gasteiger partial charge >= 0.3 is 0 Å². The maximum atomic E-state index is 5.34. The third-order valence-electron chi connectivity index (χ3n) is 13.1. The molecule has 0 radical (unpaired) electrons. The Bertz CT molecular complexity index is 3470. The van der Waals surface area contributed by atoms with Crippen molar-refractivity contribution in [3.8, 4) is 28.2 Å². The Morgan fingerprint density at radius 2 is 0.859 bits per heavy atom. The monoisotopic (exact) mass is 820 g/mol. The average Bonchev–Trinajstić information content (AvgIpc) is 3.83. The predicted octanol–water partition coefficient (Wildman–Crippen LogP) is 16.2. The number of fused-ring (bicyclic) bond motifs is 7. The van der Waals surface area contributed by atoms with Gasteiger partial charge in [-0.05, 0) is 147 Å². The molecule has 0 amide bonds. The molecule has 0 atom stereocenters. The second-order valence-electron chi connectivity index (χ2n) is 17.3. The van der Waals surface area contributed by atoms with Crippen LogP contribution in [-0.2, 0) is 5.41 Å². The van der Waals surface area contributed by atoms with Crippen LogP contribution in [-0.4, -0.2) is 9.55 Å². The first-order valence-corrected chi connectivity index (χ1v) is 22.0. The predicted molar refractivity (Wildman–Crippen MR) is 268 cm³/mol. The van der Waals surface area contributed by atoms with Gasteiger partial charge in [-0.3, -0.25) is 4.57 Å². The van der Waals surface area contributed by atoms with E-state index in [0.717, 1.165) is 62.2 Å². The van der Waals surface area contributed by atoms with Crippen LogP contribution in [0.4, 0.5) is 34.1 Å². The maximum absolute atomic E-state index is 5.34. The highest BCUT2D eigenvalue weighted by Crippen LogP contribution is 2.52. The van der Waals surface area contributed by atoms with Crippen LogP contribution in [0.5, 0.6) is 0 Å². The van der Waals surface area contributed by atoms with E-state index in [9.17, 15) is 0 Å². The van der Waals surface area contributed by atoms with Crippen molar-refractivity contribution >= 4 is 66.7 Å². The third-order valence-corrected chi connectivity index (χ3v) is 13.1. The molecule has 10 aromatic carbocycles. The van der Waals surface area contributed by atoms with E-state index in [1.807, 2.05) is 0 Å². The minimum absolute atomic E-state index is 0.213. The molecule has 0 bridgehead atoms. The lowest BCUT2D eigenvalue weighted by atomic mass is 9.81. The smallest absolute Gasteiger partial charge is 0.145 e. The summed E-state index contributed by atoms with van der Waals surface area (Å²) >= 11 is 0. The lowest BCUT2D eigenvalue weighted by Gasteiger charge is -2.29. The van der Waals surface area contributed by atoms with Crippen molar-refractivity contribution < 1.29 is 0 Å². The number of aromatic nitrogens is 2. The fourth-order valence-corrected chi connectivity index (χ4v) is 9.99. The number of benzene rings is 10. The van der Waals surface area contributed by atoms with Crippen LogP contribution in [0.3, 0.4) is 0 Å². The van der Waals surface area contributed by atoms with Crippen molar-refractivity contribution in [2.45, 2.75) is 19.3 Å². The highest BCUT2D eigenvalue weighted by molar-refractivity contribution is 6.11. The molecule has 11 aromatic rings. The van der Waals surface area contributed by atoms with Crippen molar-refractivity contribution in [3.05, 3.63) is 242 Å². The van der Waals surface area contributed by atoms with E-state index in [2.05, 4.69) is 259 Å². The van der Waals surface area contributed by atoms with E-state index in [1.165, 1.54) is 43.8 Å². The Balaban J connectivity index is 1.03. The normalized spacial score (nSPS) is 12.7. The van der Waals surface area contributed by atoms with Gasteiger partial charge in [-0.15, -0.1) is 0 Å². The molecular formula is C60H44N4. The largest absolute Gasteiger partial charge is 0.310 e. The van der Waals surface area contributed by atoms with Gasteiger partial charge in [0, 0.05) is 50.8 Å². The molecule has 0 aliphatic heterocycles. The highest BCUT2D eigenvalue weighted by Gasteiger charge is 2.37. The standard InChI is InChI=1S/C60H44N4/c1-60(2)55-35-43-32-31-41-33-34-50(63(46-25-14-6-15-26-46)49-30-18-29-48(36-49)62(44-21-10-4-11-22-44)45-23-12-5-13-24-45)37-51(41)52(43)38-53(55)54-39-58-57(40-56(54)60)61-59(42-19-8-3-9-20-42)64(58)47-27-16-7-17-28-47/h3-40H,1-2H3. The van der Waals surface area contributed by atoms with Crippen molar-refractivity contribution in [3.63, 3.8) is 0 Å². The lowest BCUT2D eigenvalue weighted by molar-refractivity contribution is 0.662. The zero-order valence-corrected chi connectivity index (χ0v) is 35.7. The average molecular weight is 821 g/mol. The molecule has 0 N–H and O–H groups in total. The van der Waals surface area contributed by atoms with Gasteiger partial charge in [-0.1, -0.05) is 141 Å². The van der Waals surface area contributed by atoms with E-state index in [4.69, 9.17) is 4.98 Å². The van der Waals surface area contributed by atoms with E-state index in [-0.39, 0.29) is 5.41 Å². The Morgan fingerprint density at radius 1 is 0.391 bits per heavy atom. The van der Waals surface area contributed by atoms with Crippen molar-refractivity contribution in [1.82, 2.24) is 9.55 Å². The molecule has 0 spiro atoms. The first kappa shape index (κ1) is 37.5. The number of imidazole rings is 1. The van der Waals surface area contributed by atoms with E-state index >= 15 is 0 Å². The quantitative estimate of drug-likeness (QED) is 0.143. The Kier molecular flexibility index (Phi) is 8.80. The summed E-state index contributed by atoms with van der Waals surface area (Å²) in [6.45, 7) is 4.73. The van der Waals surface area contributed by atoms with Gasteiger partial charge in [-0.2, -0.15) is 0 Å². The first-order chi connectivity index (χ1) is 31.5. The molecule has 1 aromatic heterocycles. The van der Waals surface area contributed by atoms with Gasteiger partial charge in [-0.25, -0.2) is 4.98 Å². The molecular weight excluding hydrogens is 777 g/mol. The van der Waals surface area contributed by atoms with E-state index in [0.29, 0.717) is 0 Å². The number of hydrogen-bond acceptors (Lipinski definition) is 3. The summed E-state index contributed by atoms with van der Waals surface area (Å²) in [6.07, 6.45) is 0. The number of para-hydroxylation sites is 4. The molecule has 12 rings (SSSR count). The van der Waals surface area contributed by atoms with Crippen LogP contribution in [0.25, 0.3) is 60.8 Å². The van der Waals surface area contributed by atoms with Crippen LogP contribution in [0.1, 0.15) is 25.0 Å². The van der Waals surface area contributed by atoms with Crippen molar-refractivity contribution in [2.24, 2.45) is 0 Å². The molecule has 304 valence electrons. The molecule has 1 heterocycles. The summed E-state index contributed by atoms with van der Waals surface area (Å²) in [4.78, 5) is 10.0. The minimum atomic E-state index is -0.213. The zero-order valence-electron chi connectivity index (χ0n) is 35.7. The van der Waals surface area contributed by atoms with E-state index < -0.39 is 0 Å². The zero-order chi connectivity index (χ0) is 42.8. The summed E-state index contributed by atoms with van der Waals surface area (Å²) < 4.78 is 2.32. The van der Waals surface area contributed by atoms with Gasteiger partial charge in [0.25, 0.3) is 0 Å². The molecule has 4 heteroatoms.